The van der Waals surface area contributed by atoms with E-state index in [0.29, 0.717) is 0 Å². The Balaban J connectivity index is 2.67. The molecule has 0 aliphatic heterocycles. The summed E-state index contributed by atoms with van der Waals surface area (Å²) in [6.07, 6.45) is 0.108. The summed E-state index contributed by atoms with van der Waals surface area (Å²) in [6.45, 7) is 7.84. The van der Waals surface area contributed by atoms with Crippen molar-refractivity contribution >= 4 is 5.97 Å². The number of carbonyl (C=O) groups is 1. The van der Waals surface area contributed by atoms with Crippen molar-refractivity contribution in [3.63, 3.8) is 0 Å². The van der Waals surface area contributed by atoms with Crippen LogP contribution in [0.2, 0.25) is 0 Å². The van der Waals surface area contributed by atoms with Crippen molar-refractivity contribution in [2.24, 2.45) is 5.92 Å². The lowest BCUT2D eigenvalue weighted by molar-refractivity contribution is -0.148. The zero-order valence-corrected chi connectivity index (χ0v) is 10.9. The van der Waals surface area contributed by atoms with E-state index in [1.807, 2.05) is 52.0 Å². The monoisotopic (exact) mass is 236 g/mol. The molecule has 1 aromatic carbocycles. The molecule has 0 unspecified atom stereocenters. The van der Waals surface area contributed by atoms with E-state index in [1.165, 1.54) is 0 Å². The first kappa shape index (κ1) is 13.6. The zero-order valence-electron chi connectivity index (χ0n) is 10.9. The molecule has 0 fully saturated rings. The Bertz CT molecular complexity index is 369. The second-order valence-corrected chi connectivity index (χ2v) is 4.54. The molecular formula is C14H20O3. The maximum atomic E-state index is 11.4. The maximum absolute atomic E-state index is 11.4. The van der Waals surface area contributed by atoms with Gasteiger partial charge in [0.05, 0.1) is 12.0 Å². The third-order valence-electron chi connectivity index (χ3n) is 2.18. The van der Waals surface area contributed by atoms with Crippen molar-refractivity contribution in [3.05, 3.63) is 29.8 Å². The SMILES string of the molecule is CC(C)Oc1ccccc1COC(=O)C(C)C. The fourth-order valence-electron chi connectivity index (χ4n) is 1.31. The number of ether oxygens (including phenoxy) is 2. The largest absolute Gasteiger partial charge is 0.491 e. The van der Waals surface area contributed by atoms with E-state index in [-0.39, 0.29) is 24.6 Å². The molecule has 0 atom stereocenters. The lowest BCUT2D eigenvalue weighted by Crippen LogP contribution is -2.13. The predicted octanol–water partition coefficient (Wildman–Crippen LogP) is 3.17. The van der Waals surface area contributed by atoms with Gasteiger partial charge in [0.15, 0.2) is 0 Å². The highest BCUT2D eigenvalue weighted by molar-refractivity contribution is 5.71. The topological polar surface area (TPSA) is 35.5 Å². The van der Waals surface area contributed by atoms with E-state index in [2.05, 4.69) is 0 Å². The molecule has 17 heavy (non-hydrogen) atoms. The molecule has 3 heteroatoms. The van der Waals surface area contributed by atoms with Crippen LogP contribution in [0.3, 0.4) is 0 Å². The van der Waals surface area contributed by atoms with Gasteiger partial charge >= 0.3 is 5.97 Å². The van der Waals surface area contributed by atoms with Crippen LogP contribution in [0.15, 0.2) is 24.3 Å². The molecule has 3 nitrogen and oxygen atoms in total. The van der Waals surface area contributed by atoms with E-state index < -0.39 is 0 Å². The first-order chi connectivity index (χ1) is 8.00. The van der Waals surface area contributed by atoms with Gasteiger partial charge in [-0.15, -0.1) is 0 Å². The summed E-state index contributed by atoms with van der Waals surface area (Å²) >= 11 is 0. The number of esters is 1. The summed E-state index contributed by atoms with van der Waals surface area (Å²) in [5.41, 5.74) is 0.898. The molecule has 0 radical (unpaired) electrons. The van der Waals surface area contributed by atoms with Crippen LogP contribution >= 0.6 is 0 Å². The van der Waals surface area contributed by atoms with Gasteiger partial charge in [-0.2, -0.15) is 0 Å². The summed E-state index contributed by atoms with van der Waals surface area (Å²) in [4.78, 5) is 11.4. The fraction of sp³-hybridized carbons (Fsp3) is 0.500. The zero-order chi connectivity index (χ0) is 12.8. The van der Waals surface area contributed by atoms with E-state index in [9.17, 15) is 4.79 Å². The van der Waals surface area contributed by atoms with Crippen molar-refractivity contribution in [1.29, 1.82) is 0 Å². The minimum atomic E-state index is -0.190. The van der Waals surface area contributed by atoms with Crippen LogP contribution in [-0.2, 0) is 16.1 Å². The molecule has 1 rings (SSSR count). The van der Waals surface area contributed by atoms with E-state index in [0.717, 1.165) is 11.3 Å². The van der Waals surface area contributed by atoms with Gasteiger partial charge < -0.3 is 9.47 Å². The average molecular weight is 236 g/mol. The van der Waals surface area contributed by atoms with Gasteiger partial charge in [0.1, 0.15) is 12.4 Å². The molecule has 0 amide bonds. The smallest absolute Gasteiger partial charge is 0.308 e. The Morgan fingerprint density at radius 1 is 1.18 bits per heavy atom. The quantitative estimate of drug-likeness (QED) is 0.737. The van der Waals surface area contributed by atoms with Gasteiger partial charge in [-0.05, 0) is 19.9 Å². The fourth-order valence-corrected chi connectivity index (χ4v) is 1.31. The third-order valence-corrected chi connectivity index (χ3v) is 2.18. The average Bonchev–Trinajstić information content (AvgIpc) is 2.26. The lowest BCUT2D eigenvalue weighted by Gasteiger charge is -2.14. The van der Waals surface area contributed by atoms with Gasteiger partial charge in [0.2, 0.25) is 0 Å². The first-order valence-corrected chi connectivity index (χ1v) is 5.92. The highest BCUT2D eigenvalue weighted by Crippen LogP contribution is 2.20. The molecule has 0 aliphatic carbocycles. The predicted molar refractivity (Wildman–Crippen MR) is 66.8 cm³/mol. The molecule has 1 aromatic rings. The Kier molecular flexibility index (Phi) is 5.01. The molecule has 0 N–H and O–H groups in total. The molecule has 0 bridgehead atoms. The molecule has 94 valence electrons. The maximum Gasteiger partial charge on any atom is 0.308 e. The highest BCUT2D eigenvalue weighted by atomic mass is 16.5. The molecule has 0 spiro atoms. The molecule has 0 saturated heterocycles. The minimum absolute atomic E-state index is 0.104. The van der Waals surface area contributed by atoms with Crippen molar-refractivity contribution in [2.45, 2.75) is 40.4 Å². The Hall–Kier alpha value is -1.51. The van der Waals surface area contributed by atoms with Crippen LogP contribution in [0.4, 0.5) is 0 Å². The normalized spacial score (nSPS) is 10.7. The Labute approximate surface area is 103 Å². The minimum Gasteiger partial charge on any atom is -0.491 e. The summed E-state index contributed by atoms with van der Waals surface area (Å²) < 4.78 is 10.8. The number of hydrogen-bond acceptors (Lipinski definition) is 3. The van der Waals surface area contributed by atoms with Crippen LogP contribution in [0.1, 0.15) is 33.3 Å². The van der Waals surface area contributed by atoms with Crippen LogP contribution in [0.5, 0.6) is 5.75 Å². The van der Waals surface area contributed by atoms with Gasteiger partial charge in [-0.1, -0.05) is 32.0 Å². The molecule has 0 saturated carbocycles. The van der Waals surface area contributed by atoms with E-state index >= 15 is 0 Å². The van der Waals surface area contributed by atoms with Crippen molar-refractivity contribution in [2.75, 3.05) is 0 Å². The summed E-state index contributed by atoms with van der Waals surface area (Å²) in [7, 11) is 0. The van der Waals surface area contributed by atoms with Crippen LogP contribution in [-0.4, -0.2) is 12.1 Å². The van der Waals surface area contributed by atoms with Gasteiger partial charge in [0, 0.05) is 5.56 Å². The van der Waals surface area contributed by atoms with Gasteiger partial charge in [0.25, 0.3) is 0 Å². The second-order valence-electron chi connectivity index (χ2n) is 4.54. The highest BCUT2D eigenvalue weighted by Gasteiger charge is 2.11. The molecule has 0 aliphatic rings. The third kappa shape index (κ3) is 4.47. The van der Waals surface area contributed by atoms with Gasteiger partial charge in [-0.25, -0.2) is 0 Å². The number of hydrogen-bond donors (Lipinski definition) is 0. The lowest BCUT2D eigenvalue weighted by atomic mass is 10.2. The second kappa shape index (κ2) is 6.28. The molecule has 0 heterocycles. The molecule has 0 aromatic heterocycles. The number of carbonyl (C=O) groups excluding carboxylic acids is 1. The summed E-state index contributed by atoms with van der Waals surface area (Å²) in [5, 5.41) is 0. The Morgan fingerprint density at radius 2 is 1.82 bits per heavy atom. The number of rotatable bonds is 5. The van der Waals surface area contributed by atoms with Crippen molar-refractivity contribution in [3.8, 4) is 5.75 Å². The van der Waals surface area contributed by atoms with E-state index in [4.69, 9.17) is 9.47 Å². The summed E-state index contributed by atoms with van der Waals surface area (Å²) in [6, 6.07) is 7.61. The summed E-state index contributed by atoms with van der Waals surface area (Å²) in [5.74, 6) is 0.483. The van der Waals surface area contributed by atoms with Crippen molar-refractivity contribution in [1.82, 2.24) is 0 Å². The van der Waals surface area contributed by atoms with Crippen LogP contribution in [0, 0.1) is 5.92 Å². The van der Waals surface area contributed by atoms with Gasteiger partial charge in [-0.3, -0.25) is 4.79 Å². The molecular weight excluding hydrogens is 216 g/mol. The van der Waals surface area contributed by atoms with E-state index in [1.54, 1.807) is 0 Å². The van der Waals surface area contributed by atoms with Crippen LogP contribution < -0.4 is 4.74 Å². The first-order valence-electron chi connectivity index (χ1n) is 5.92. The number of para-hydroxylation sites is 1. The number of benzene rings is 1. The standard InChI is InChI=1S/C14H20O3/c1-10(2)14(15)16-9-12-7-5-6-8-13(12)17-11(3)4/h5-8,10-11H,9H2,1-4H3. The van der Waals surface area contributed by atoms with Crippen molar-refractivity contribution < 1.29 is 14.3 Å². The van der Waals surface area contributed by atoms with Crippen LogP contribution in [0.25, 0.3) is 0 Å². The Morgan fingerprint density at radius 3 is 2.41 bits per heavy atom.